The molecule has 28 heavy (non-hydrogen) atoms. The summed E-state index contributed by atoms with van der Waals surface area (Å²) in [5.41, 5.74) is 5.61. The second kappa shape index (κ2) is 7.24. The average molecular weight is 399 g/mol. The first-order valence-corrected chi connectivity index (χ1v) is 11.4. The van der Waals surface area contributed by atoms with Crippen molar-refractivity contribution in [2.24, 2.45) is 5.92 Å². The van der Waals surface area contributed by atoms with Crippen molar-refractivity contribution in [3.05, 3.63) is 64.2 Å². The monoisotopic (exact) mass is 398 g/mol. The molecule has 1 fully saturated rings. The molecule has 2 aliphatic rings. The number of nitrogens with zero attached hydrogens (tertiary/aromatic N) is 1. The number of sulfonamides is 1. The molecule has 1 amide bonds. The van der Waals surface area contributed by atoms with Gasteiger partial charge in [0.2, 0.25) is 15.9 Å². The van der Waals surface area contributed by atoms with Crippen LogP contribution in [0.4, 0.5) is 5.69 Å². The molecule has 4 rings (SSSR count). The molecule has 1 N–H and O–H groups in total. The predicted molar refractivity (Wildman–Crippen MR) is 110 cm³/mol. The Hall–Kier alpha value is -2.34. The van der Waals surface area contributed by atoms with E-state index in [2.05, 4.69) is 4.72 Å². The van der Waals surface area contributed by atoms with Crippen LogP contribution < -0.4 is 4.72 Å². The van der Waals surface area contributed by atoms with Gasteiger partial charge in [-0.1, -0.05) is 29.8 Å². The van der Waals surface area contributed by atoms with Crippen molar-refractivity contribution in [2.45, 2.75) is 45.4 Å². The lowest BCUT2D eigenvalue weighted by molar-refractivity contribution is -0.133. The molecule has 0 aromatic heterocycles. The van der Waals surface area contributed by atoms with Gasteiger partial charge in [-0.2, -0.15) is 0 Å². The zero-order chi connectivity index (χ0) is 19.9. The van der Waals surface area contributed by atoms with Gasteiger partial charge in [-0.3, -0.25) is 9.52 Å². The molecule has 0 saturated heterocycles. The van der Waals surface area contributed by atoms with Gasteiger partial charge in [-0.15, -0.1) is 0 Å². The molecule has 1 saturated carbocycles. The van der Waals surface area contributed by atoms with Gasteiger partial charge in [0.05, 0.1) is 5.75 Å². The minimum Gasteiger partial charge on any atom is -0.338 e. The Bertz CT molecular complexity index is 1030. The number of fused-ring (bicyclic) bond motifs is 1. The maximum atomic E-state index is 12.7. The Balaban J connectivity index is 1.50. The summed E-state index contributed by atoms with van der Waals surface area (Å²) in [6.07, 6.45) is 2.82. The fourth-order valence-corrected chi connectivity index (χ4v) is 5.05. The first-order chi connectivity index (χ1) is 13.3. The molecule has 5 nitrogen and oxygen atoms in total. The van der Waals surface area contributed by atoms with E-state index in [0.717, 1.165) is 48.1 Å². The van der Waals surface area contributed by atoms with Gasteiger partial charge in [-0.25, -0.2) is 8.42 Å². The lowest BCUT2D eigenvalue weighted by atomic mass is 9.99. The molecule has 2 aromatic rings. The number of carbonyl (C=O) groups is 1. The minimum atomic E-state index is -3.52. The van der Waals surface area contributed by atoms with Gasteiger partial charge in [0.25, 0.3) is 0 Å². The Kier molecular flexibility index (Phi) is 4.91. The number of amides is 1. The third-order valence-electron chi connectivity index (χ3n) is 5.58. The lowest BCUT2D eigenvalue weighted by Crippen LogP contribution is -2.36. The van der Waals surface area contributed by atoms with Crippen LogP contribution in [0.3, 0.4) is 0 Å². The number of anilines is 1. The van der Waals surface area contributed by atoms with E-state index in [-0.39, 0.29) is 17.6 Å². The smallest absolute Gasteiger partial charge is 0.236 e. The van der Waals surface area contributed by atoms with Crippen LogP contribution in [0.5, 0.6) is 0 Å². The van der Waals surface area contributed by atoms with Crippen LogP contribution in [0.2, 0.25) is 0 Å². The molecule has 1 aliphatic heterocycles. The molecule has 148 valence electrons. The van der Waals surface area contributed by atoms with Crippen molar-refractivity contribution in [2.75, 3.05) is 11.3 Å². The summed E-state index contributed by atoms with van der Waals surface area (Å²) in [5, 5.41) is 0. The Morgan fingerprint density at radius 1 is 1.11 bits per heavy atom. The lowest BCUT2D eigenvalue weighted by Gasteiger charge is -2.29. The highest BCUT2D eigenvalue weighted by Crippen LogP contribution is 2.33. The first kappa shape index (κ1) is 19.0. The van der Waals surface area contributed by atoms with Crippen LogP contribution >= 0.6 is 0 Å². The molecule has 0 spiro atoms. The Morgan fingerprint density at radius 3 is 2.64 bits per heavy atom. The van der Waals surface area contributed by atoms with Crippen molar-refractivity contribution in [1.29, 1.82) is 0 Å². The minimum absolute atomic E-state index is 0.0517. The average Bonchev–Trinajstić information content (AvgIpc) is 3.48. The number of carbonyl (C=O) groups excluding carboxylic acids is 1. The van der Waals surface area contributed by atoms with Gasteiger partial charge in [-0.05, 0) is 67.5 Å². The number of benzene rings is 2. The Morgan fingerprint density at radius 2 is 1.89 bits per heavy atom. The second-order valence-electron chi connectivity index (χ2n) is 8.06. The molecule has 0 bridgehead atoms. The quantitative estimate of drug-likeness (QED) is 0.838. The van der Waals surface area contributed by atoms with Gasteiger partial charge < -0.3 is 4.90 Å². The van der Waals surface area contributed by atoms with Crippen LogP contribution in [0.1, 0.15) is 40.7 Å². The summed E-state index contributed by atoms with van der Waals surface area (Å²) in [6, 6.07) is 11.5. The van der Waals surface area contributed by atoms with E-state index in [4.69, 9.17) is 0 Å². The maximum absolute atomic E-state index is 12.7. The summed E-state index contributed by atoms with van der Waals surface area (Å²) in [7, 11) is -3.52. The highest BCUT2D eigenvalue weighted by molar-refractivity contribution is 7.91. The van der Waals surface area contributed by atoms with E-state index in [1.165, 1.54) is 5.56 Å². The zero-order valence-electron chi connectivity index (χ0n) is 16.4. The zero-order valence-corrected chi connectivity index (χ0v) is 17.2. The van der Waals surface area contributed by atoms with E-state index >= 15 is 0 Å². The van der Waals surface area contributed by atoms with Gasteiger partial charge in [0, 0.05) is 24.7 Å². The van der Waals surface area contributed by atoms with E-state index in [1.807, 2.05) is 55.1 Å². The highest BCUT2D eigenvalue weighted by atomic mass is 32.2. The van der Waals surface area contributed by atoms with E-state index in [0.29, 0.717) is 12.2 Å². The summed E-state index contributed by atoms with van der Waals surface area (Å²) in [6.45, 7) is 5.20. The highest BCUT2D eigenvalue weighted by Gasteiger charge is 2.34. The molecule has 1 heterocycles. The van der Waals surface area contributed by atoms with Crippen molar-refractivity contribution in [3.8, 4) is 0 Å². The number of hydrogen-bond donors (Lipinski definition) is 1. The van der Waals surface area contributed by atoms with Crippen LogP contribution in [0.25, 0.3) is 0 Å². The van der Waals surface area contributed by atoms with Crippen LogP contribution in [0, 0.1) is 19.8 Å². The number of aryl methyl sites for hydroxylation is 2. The fraction of sp³-hybridized carbons (Fsp3) is 0.409. The summed E-state index contributed by atoms with van der Waals surface area (Å²) >= 11 is 0. The predicted octanol–water partition coefficient (Wildman–Crippen LogP) is 3.54. The largest absolute Gasteiger partial charge is 0.338 e. The third-order valence-corrected chi connectivity index (χ3v) is 6.82. The van der Waals surface area contributed by atoms with Crippen molar-refractivity contribution < 1.29 is 13.2 Å². The van der Waals surface area contributed by atoms with Crippen molar-refractivity contribution in [1.82, 2.24) is 4.90 Å². The molecular weight excluding hydrogens is 372 g/mol. The molecule has 2 aromatic carbocycles. The fourth-order valence-electron chi connectivity index (χ4n) is 3.77. The van der Waals surface area contributed by atoms with Crippen LogP contribution in [0.15, 0.2) is 36.4 Å². The van der Waals surface area contributed by atoms with Crippen molar-refractivity contribution in [3.63, 3.8) is 0 Å². The summed E-state index contributed by atoms with van der Waals surface area (Å²) in [4.78, 5) is 14.3. The van der Waals surface area contributed by atoms with Gasteiger partial charge >= 0.3 is 0 Å². The summed E-state index contributed by atoms with van der Waals surface area (Å²) in [5.74, 6) is 0.400. The third kappa shape index (κ3) is 4.22. The summed E-state index contributed by atoms with van der Waals surface area (Å²) < 4.78 is 28.1. The molecule has 0 radical (unpaired) electrons. The molecule has 1 aliphatic carbocycles. The normalized spacial score (nSPS) is 16.6. The molecule has 0 unspecified atom stereocenters. The SMILES string of the molecule is Cc1ccc(C)c(CS(=O)(=O)Nc2ccc3c(c2)CN(C(=O)C2CC2)CC3)c1. The van der Waals surface area contributed by atoms with E-state index < -0.39 is 10.0 Å². The van der Waals surface area contributed by atoms with Gasteiger partial charge in [0.15, 0.2) is 0 Å². The standard InChI is InChI=1S/C22H26N2O3S/c1-15-3-4-16(2)20(11-15)14-28(26,27)23-21-8-7-17-9-10-24(13-19(17)12-21)22(25)18-5-6-18/h3-4,7-8,11-12,18,23H,5-6,9-10,13-14H2,1-2H3. The number of nitrogens with one attached hydrogen (secondary N) is 1. The van der Waals surface area contributed by atoms with Crippen molar-refractivity contribution >= 4 is 21.6 Å². The maximum Gasteiger partial charge on any atom is 0.236 e. The van der Waals surface area contributed by atoms with E-state index in [9.17, 15) is 13.2 Å². The van der Waals surface area contributed by atoms with Crippen LogP contribution in [-0.4, -0.2) is 25.8 Å². The molecule has 6 heteroatoms. The topological polar surface area (TPSA) is 66.5 Å². The first-order valence-electron chi connectivity index (χ1n) is 9.78. The molecule has 0 atom stereocenters. The van der Waals surface area contributed by atoms with Gasteiger partial charge in [0.1, 0.15) is 0 Å². The number of hydrogen-bond acceptors (Lipinski definition) is 3. The molecular formula is C22H26N2O3S. The Labute approximate surface area is 166 Å². The van der Waals surface area contributed by atoms with Crippen LogP contribution in [-0.2, 0) is 33.5 Å². The second-order valence-corrected chi connectivity index (χ2v) is 9.78. The number of rotatable bonds is 5. The van der Waals surface area contributed by atoms with E-state index in [1.54, 1.807) is 0 Å².